The molecule has 0 aromatic carbocycles. The molecule has 0 saturated carbocycles. The molecule has 3 unspecified atom stereocenters. The van der Waals surface area contributed by atoms with E-state index in [1.54, 1.807) is 6.92 Å². The normalized spacial score (nSPS) is 28.9. The fraction of sp³-hybridized carbons (Fsp3) is 0.933. The quantitative estimate of drug-likeness (QED) is 0.861. The van der Waals surface area contributed by atoms with Crippen molar-refractivity contribution in [3.63, 3.8) is 0 Å². The summed E-state index contributed by atoms with van der Waals surface area (Å²) in [6, 6.07) is 0.159. The van der Waals surface area contributed by atoms with Gasteiger partial charge in [0.1, 0.15) is 0 Å². The fourth-order valence-electron chi connectivity index (χ4n) is 3.51. The maximum atomic E-state index is 12.8. The summed E-state index contributed by atoms with van der Waals surface area (Å²) in [5.41, 5.74) is 0. The number of alkyl halides is 3. The Labute approximate surface area is 129 Å². The van der Waals surface area contributed by atoms with Gasteiger partial charge in [-0.1, -0.05) is 0 Å². The van der Waals surface area contributed by atoms with Crippen molar-refractivity contribution in [2.45, 2.75) is 57.3 Å². The van der Waals surface area contributed by atoms with Crippen LogP contribution < -0.4 is 0 Å². The number of aliphatic hydroxyl groups excluding tert-OH is 1. The zero-order valence-electron chi connectivity index (χ0n) is 13.0. The lowest BCUT2D eigenvalue weighted by molar-refractivity contribution is -0.188. The molecular formula is C15H25F3N2O2. The van der Waals surface area contributed by atoms with Gasteiger partial charge in [-0.05, 0) is 45.6 Å². The molecule has 4 nitrogen and oxygen atoms in total. The number of hydrogen-bond acceptors (Lipinski definition) is 3. The topological polar surface area (TPSA) is 43.8 Å². The highest BCUT2D eigenvalue weighted by Gasteiger charge is 2.43. The number of rotatable bonds is 4. The summed E-state index contributed by atoms with van der Waals surface area (Å²) in [6.45, 7) is 2.87. The number of piperidine rings is 1. The highest BCUT2D eigenvalue weighted by Crippen LogP contribution is 2.33. The standard InChI is InChI=1S/C15H25F3N2O2/c1-11(21)8-13-5-3-6-19(13)10-14(22)20-7-2-4-12(9-20)15(16,17)18/h11-13,21H,2-10H2,1H3. The summed E-state index contributed by atoms with van der Waals surface area (Å²) in [4.78, 5) is 15.7. The van der Waals surface area contributed by atoms with E-state index in [-0.39, 0.29) is 31.5 Å². The first-order chi connectivity index (χ1) is 10.3. The van der Waals surface area contributed by atoms with Crippen LogP contribution in [0, 0.1) is 5.92 Å². The number of carbonyl (C=O) groups excluding carboxylic acids is 1. The predicted octanol–water partition coefficient (Wildman–Crippen LogP) is 2.02. The average Bonchev–Trinajstić information content (AvgIpc) is 2.84. The minimum absolute atomic E-state index is 0.113. The Bertz CT molecular complexity index is 387. The van der Waals surface area contributed by atoms with Crippen molar-refractivity contribution < 1.29 is 23.1 Å². The van der Waals surface area contributed by atoms with E-state index in [2.05, 4.69) is 0 Å². The number of halogens is 3. The molecule has 0 aromatic heterocycles. The Morgan fingerprint density at radius 1 is 1.27 bits per heavy atom. The van der Waals surface area contributed by atoms with E-state index in [1.165, 1.54) is 4.90 Å². The molecule has 2 aliphatic rings. The third-order valence-corrected chi connectivity index (χ3v) is 4.69. The number of aliphatic hydroxyl groups is 1. The molecular weight excluding hydrogens is 297 g/mol. The van der Waals surface area contributed by atoms with E-state index >= 15 is 0 Å². The van der Waals surface area contributed by atoms with Crippen molar-refractivity contribution >= 4 is 5.91 Å². The first kappa shape index (κ1) is 17.5. The molecule has 128 valence electrons. The largest absolute Gasteiger partial charge is 0.393 e. The molecule has 3 atom stereocenters. The Morgan fingerprint density at radius 2 is 1.95 bits per heavy atom. The first-order valence-corrected chi connectivity index (χ1v) is 8.04. The van der Waals surface area contributed by atoms with Crippen LogP contribution >= 0.6 is 0 Å². The summed E-state index contributed by atoms with van der Waals surface area (Å²) < 4.78 is 38.4. The van der Waals surface area contributed by atoms with Crippen LogP contribution in [0.4, 0.5) is 13.2 Å². The van der Waals surface area contributed by atoms with Gasteiger partial charge in [-0.2, -0.15) is 13.2 Å². The number of carbonyl (C=O) groups is 1. The lowest BCUT2D eigenvalue weighted by atomic mass is 9.97. The van der Waals surface area contributed by atoms with Crippen molar-refractivity contribution in [1.29, 1.82) is 0 Å². The van der Waals surface area contributed by atoms with Crippen LogP contribution in [0.15, 0.2) is 0 Å². The first-order valence-electron chi connectivity index (χ1n) is 8.04. The number of likely N-dealkylation sites (tertiary alicyclic amines) is 2. The van der Waals surface area contributed by atoms with Gasteiger partial charge in [0.25, 0.3) is 0 Å². The second kappa shape index (κ2) is 7.17. The molecule has 1 N–H and O–H groups in total. The number of nitrogens with zero attached hydrogens (tertiary/aromatic N) is 2. The Hall–Kier alpha value is -0.820. The molecule has 0 aliphatic carbocycles. The Balaban J connectivity index is 1.88. The summed E-state index contributed by atoms with van der Waals surface area (Å²) in [5.74, 6) is -1.61. The zero-order chi connectivity index (χ0) is 16.3. The van der Waals surface area contributed by atoms with E-state index in [0.717, 1.165) is 19.4 Å². The van der Waals surface area contributed by atoms with E-state index in [1.807, 2.05) is 4.90 Å². The van der Waals surface area contributed by atoms with Crippen LogP contribution in [0.25, 0.3) is 0 Å². The van der Waals surface area contributed by atoms with Crippen molar-refractivity contribution in [1.82, 2.24) is 9.80 Å². The van der Waals surface area contributed by atoms with Gasteiger partial charge in [0.15, 0.2) is 0 Å². The zero-order valence-corrected chi connectivity index (χ0v) is 13.0. The summed E-state index contributed by atoms with van der Waals surface area (Å²) in [6.07, 6.45) is -1.61. The predicted molar refractivity (Wildman–Crippen MR) is 76.3 cm³/mol. The van der Waals surface area contributed by atoms with Gasteiger partial charge in [0.05, 0.1) is 18.6 Å². The minimum atomic E-state index is -4.22. The molecule has 2 saturated heterocycles. The van der Waals surface area contributed by atoms with Gasteiger partial charge in [0.2, 0.25) is 5.91 Å². The van der Waals surface area contributed by atoms with Crippen molar-refractivity contribution in [3.8, 4) is 0 Å². The molecule has 2 rings (SSSR count). The lowest BCUT2D eigenvalue weighted by Gasteiger charge is -2.35. The van der Waals surface area contributed by atoms with E-state index in [4.69, 9.17) is 0 Å². The molecule has 0 spiro atoms. The van der Waals surface area contributed by atoms with Crippen LogP contribution in [0.5, 0.6) is 0 Å². The van der Waals surface area contributed by atoms with Crippen molar-refractivity contribution in [2.24, 2.45) is 5.92 Å². The Kier molecular flexibility index (Phi) is 5.71. The summed E-state index contributed by atoms with van der Waals surface area (Å²) >= 11 is 0. The number of hydrogen-bond donors (Lipinski definition) is 1. The van der Waals surface area contributed by atoms with Crippen molar-refractivity contribution in [3.05, 3.63) is 0 Å². The van der Waals surface area contributed by atoms with Crippen LogP contribution in [-0.4, -0.2) is 65.3 Å². The van der Waals surface area contributed by atoms with E-state index in [9.17, 15) is 23.1 Å². The molecule has 2 aliphatic heterocycles. The molecule has 1 amide bonds. The van der Waals surface area contributed by atoms with Crippen LogP contribution in [0.3, 0.4) is 0 Å². The van der Waals surface area contributed by atoms with Crippen LogP contribution in [0.1, 0.15) is 39.0 Å². The monoisotopic (exact) mass is 322 g/mol. The summed E-state index contributed by atoms with van der Waals surface area (Å²) in [5, 5.41) is 9.49. The van der Waals surface area contributed by atoms with Gasteiger partial charge in [0, 0.05) is 19.1 Å². The van der Waals surface area contributed by atoms with Gasteiger partial charge in [-0.3, -0.25) is 9.69 Å². The second-order valence-corrected chi connectivity index (χ2v) is 6.57. The maximum Gasteiger partial charge on any atom is 0.393 e. The second-order valence-electron chi connectivity index (χ2n) is 6.57. The van der Waals surface area contributed by atoms with E-state index in [0.29, 0.717) is 19.4 Å². The van der Waals surface area contributed by atoms with E-state index < -0.39 is 18.2 Å². The van der Waals surface area contributed by atoms with Gasteiger partial charge in [-0.25, -0.2) is 0 Å². The minimum Gasteiger partial charge on any atom is -0.393 e. The fourth-order valence-corrected chi connectivity index (χ4v) is 3.51. The van der Waals surface area contributed by atoms with Gasteiger partial charge >= 0.3 is 6.18 Å². The third-order valence-electron chi connectivity index (χ3n) is 4.69. The van der Waals surface area contributed by atoms with Crippen molar-refractivity contribution in [2.75, 3.05) is 26.2 Å². The molecule has 0 aromatic rings. The number of amides is 1. The molecule has 0 bridgehead atoms. The molecule has 22 heavy (non-hydrogen) atoms. The van der Waals surface area contributed by atoms with Gasteiger partial charge in [-0.15, -0.1) is 0 Å². The van der Waals surface area contributed by atoms with Crippen LogP contribution in [-0.2, 0) is 4.79 Å². The lowest BCUT2D eigenvalue weighted by Crippen LogP contribution is -2.48. The molecule has 2 heterocycles. The maximum absolute atomic E-state index is 12.8. The average molecular weight is 322 g/mol. The highest BCUT2D eigenvalue weighted by molar-refractivity contribution is 5.78. The summed E-state index contributed by atoms with van der Waals surface area (Å²) in [7, 11) is 0. The molecule has 2 fully saturated rings. The molecule has 7 heteroatoms. The highest BCUT2D eigenvalue weighted by atomic mass is 19.4. The SMILES string of the molecule is CC(O)CC1CCCN1CC(=O)N1CCCC(C(F)(F)F)C1. The third kappa shape index (κ3) is 4.59. The molecule has 0 radical (unpaired) electrons. The van der Waals surface area contributed by atoms with Crippen LogP contribution in [0.2, 0.25) is 0 Å². The van der Waals surface area contributed by atoms with Gasteiger partial charge < -0.3 is 10.0 Å². The smallest absolute Gasteiger partial charge is 0.393 e. The Morgan fingerprint density at radius 3 is 2.59 bits per heavy atom.